The van der Waals surface area contributed by atoms with Gasteiger partial charge in [-0.3, -0.25) is 9.80 Å². The molecule has 2 aliphatic rings. The first-order valence-electron chi connectivity index (χ1n) is 10.6. The van der Waals surface area contributed by atoms with E-state index in [1.54, 1.807) is 7.11 Å². The van der Waals surface area contributed by atoms with Crippen molar-refractivity contribution in [2.45, 2.75) is 39.0 Å². The Bertz CT molecular complexity index is 752. The van der Waals surface area contributed by atoms with Crippen molar-refractivity contribution in [1.29, 1.82) is 0 Å². The van der Waals surface area contributed by atoms with E-state index >= 15 is 0 Å². The van der Waals surface area contributed by atoms with E-state index in [0.29, 0.717) is 12.6 Å². The molecule has 2 fully saturated rings. The summed E-state index contributed by atoms with van der Waals surface area (Å²) >= 11 is 0. The zero-order valence-corrected chi connectivity index (χ0v) is 17.3. The molecule has 1 unspecified atom stereocenters. The Morgan fingerprint density at radius 3 is 2.57 bits per heavy atom. The summed E-state index contributed by atoms with van der Waals surface area (Å²) in [4.78, 5) is 7.81. The molecule has 28 heavy (non-hydrogen) atoms. The topological polar surface area (TPSA) is 32.1 Å². The monoisotopic (exact) mass is 383 g/mol. The number of rotatable bonds is 6. The van der Waals surface area contributed by atoms with Gasteiger partial charge in [-0.1, -0.05) is 18.2 Å². The van der Waals surface area contributed by atoms with Gasteiger partial charge in [0.25, 0.3) is 0 Å². The first-order valence-corrected chi connectivity index (χ1v) is 10.6. The number of piperazine rings is 1. The molecule has 1 atom stereocenters. The van der Waals surface area contributed by atoms with Crippen LogP contribution in [0.1, 0.15) is 29.9 Å². The highest BCUT2D eigenvalue weighted by Gasteiger charge is 2.28. The SMILES string of the molecule is COCc1ccc(CN2CCCC(N3CCN(c4ccccc4C)CC3)C2)o1. The number of hydrogen-bond donors (Lipinski definition) is 0. The van der Waals surface area contributed by atoms with E-state index in [1.165, 1.54) is 30.6 Å². The highest BCUT2D eigenvalue weighted by molar-refractivity contribution is 5.53. The molecule has 2 aliphatic heterocycles. The number of para-hydroxylation sites is 1. The van der Waals surface area contributed by atoms with Gasteiger partial charge in [0.1, 0.15) is 18.1 Å². The van der Waals surface area contributed by atoms with Crippen LogP contribution in [0.2, 0.25) is 0 Å². The van der Waals surface area contributed by atoms with Crippen LogP contribution in [0, 0.1) is 6.92 Å². The highest BCUT2D eigenvalue weighted by Crippen LogP contribution is 2.24. The normalized spacial score (nSPS) is 21.9. The van der Waals surface area contributed by atoms with Crippen LogP contribution in [0.5, 0.6) is 0 Å². The second-order valence-corrected chi connectivity index (χ2v) is 8.14. The van der Waals surface area contributed by atoms with Crippen LogP contribution in [-0.2, 0) is 17.9 Å². The Hall–Kier alpha value is -1.82. The van der Waals surface area contributed by atoms with Crippen LogP contribution >= 0.6 is 0 Å². The van der Waals surface area contributed by atoms with E-state index in [9.17, 15) is 0 Å². The lowest BCUT2D eigenvalue weighted by Gasteiger charge is -2.44. The van der Waals surface area contributed by atoms with Gasteiger partial charge in [0, 0.05) is 51.6 Å². The van der Waals surface area contributed by atoms with Gasteiger partial charge in [-0.2, -0.15) is 0 Å². The summed E-state index contributed by atoms with van der Waals surface area (Å²) < 4.78 is 11.1. The second kappa shape index (κ2) is 9.12. The van der Waals surface area contributed by atoms with Gasteiger partial charge in [-0.05, 0) is 50.1 Å². The minimum atomic E-state index is 0.549. The lowest BCUT2D eigenvalue weighted by Crippen LogP contribution is -2.55. The Morgan fingerprint density at radius 2 is 1.79 bits per heavy atom. The third-order valence-electron chi connectivity index (χ3n) is 6.15. The van der Waals surface area contributed by atoms with Crippen LogP contribution in [-0.4, -0.2) is 62.2 Å². The number of aryl methyl sites for hydroxylation is 1. The zero-order chi connectivity index (χ0) is 19.3. The molecule has 1 aromatic carbocycles. The summed E-state index contributed by atoms with van der Waals surface area (Å²) in [6, 6.07) is 13.6. The van der Waals surface area contributed by atoms with Gasteiger partial charge in [-0.25, -0.2) is 0 Å². The molecule has 152 valence electrons. The van der Waals surface area contributed by atoms with Gasteiger partial charge < -0.3 is 14.1 Å². The summed E-state index contributed by atoms with van der Waals surface area (Å²) in [6.45, 7) is 10.5. The van der Waals surface area contributed by atoms with Crippen molar-refractivity contribution in [3.8, 4) is 0 Å². The molecule has 5 nitrogen and oxygen atoms in total. The largest absolute Gasteiger partial charge is 0.462 e. The van der Waals surface area contributed by atoms with Crippen molar-refractivity contribution in [2.24, 2.45) is 0 Å². The van der Waals surface area contributed by atoms with Gasteiger partial charge in [0.2, 0.25) is 0 Å². The Morgan fingerprint density at radius 1 is 1.00 bits per heavy atom. The first kappa shape index (κ1) is 19.5. The number of benzene rings is 1. The van der Waals surface area contributed by atoms with Gasteiger partial charge in [0.15, 0.2) is 0 Å². The number of nitrogens with zero attached hydrogens (tertiary/aromatic N) is 3. The summed E-state index contributed by atoms with van der Waals surface area (Å²) in [5.41, 5.74) is 2.78. The van der Waals surface area contributed by atoms with Gasteiger partial charge in [-0.15, -0.1) is 0 Å². The second-order valence-electron chi connectivity index (χ2n) is 8.14. The Balaban J connectivity index is 1.29. The number of furan rings is 1. The molecule has 2 aromatic rings. The van der Waals surface area contributed by atoms with Crippen molar-refractivity contribution >= 4 is 5.69 Å². The average molecular weight is 384 g/mol. The van der Waals surface area contributed by atoms with Crippen LogP contribution in [0.25, 0.3) is 0 Å². The van der Waals surface area contributed by atoms with Crippen LogP contribution in [0.15, 0.2) is 40.8 Å². The number of ether oxygens (including phenoxy) is 1. The lowest BCUT2D eigenvalue weighted by molar-refractivity contribution is 0.0837. The van der Waals surface area contributed by atoms with Crippen molar-refractivity contribution in [1.82, 2.24) is 9.80 Å². The van der Waals surface area contributed by atoms with Gasteiger partial charge in [0.05, 0.1) is 6.54 Å². The molecule has 0 spiro atoms. The van der Waals surface area contributed by atoms with E-state index in [1.807, 2.05) is 6.07 Å². The summed E-state index contributed by atoms with van der Waals surface area (Å²) in [5.74, 6) is 1.97. The van der Waals surface area contributed by atoms with E-state index in [-0.39, 0.29) is 0 Å². The molecule has 4 rings (SSSR count). The third kappa shape index (κ3) is 4.59. The third-order valence-corrected chi connectivity index (χ3v) is 6.15. The molecule has 1 aromatic heterocycles. The molecular formula is C23H33N3O2. The minimum absolute atomic E-state index is 0.549. The van der Waals surface area contributed by atoms with Crippen molar-refractivity contribution in [2.75, 3.05) is 51.3 Å². The molecule has 2 saturated heterocycles. The molecule has 3 heterocycles. The maximum absolute atomic E-state index is 5.89. The highest BCUT2D eigenvalue weighted by atomic mass is 16.5. The molecule has 0 saturated carbocycles. The molecule has 0 aliphatic carbocycles. The molecule has 5 heteroatoms. The van der Waals surface area contributed by atoms with Crippen LogP contribution < -0.4 is 4.90 Å². The lowest BCUT2D eigenvalue weighted by atomic mass is 10.0. The quantitative estimate of drug-likeness (QED) is 0.762. The smallest absolute Gasteiger partial charge is 0.129 e. The van der Waals surface area contributed by atoms with E-state index < -0.39 is 0 Å². The molecule has 0 radical (unpaired) electrons. The number of likely N-dealkylation sites (tertiary alicyclic amines) is 1. The molecule has 0 N–H and O–H groups in total. The minimum Gasteiger partial charge on any atom is -0.462 e. The van der Waals surface area contributed by atoms with Crippen molar-refractivity contribution < 1.29 is 9.15 Å². The standard InChI is InChI=1S/C23H33N3O2/c1-19-6-3-4-8-23(19)26-14-12-25(13-15-26)20-7-5-11-24(16-20)17-21-9-10-22(28-21)18-27-2/h3-4,6,8-10,20H,5,7,11-18H2,1-2H3. The van der Waals surface area contributed by atoms with Gasteiger partial charge >= 0.3 is 0 Å². The van der Waals surface area contributed by atoms with Crippen molar-refractivity contribution in [3.05, 3.63) is 53.5 Å². The number of anilines is 1. The Kier molecular flexibility index (Phi) is 6.35. The van der Waals surface area contributed by atoms with E-state index in [4.69, 9.17) is 9.15 Å². The fourth-order valence-electron chi connectivity index (χ4n) is 4.67. The van der Waals surface area contributed by atoms with Crippen molar-refractivity contribution in [3.63, 3.8) is 0 Å². The van der Waals surface area contributed by atoms with Crippen LogP contribution in [0.3, 0.4) is 0 Å². The first-order chi connectivity index (χ1) is 13.7. The summed E-state index contributed by atoms with van der Waals surface area (Å²) in [7, 11) is 1.70. The fraction of sp³-hybridized carbons (Fsp3) is 0.565. The fourth-order valence-corrected chi connectivity index (χ4v) is 4.67. The maximum atomic E-state index is 5.89. The average Bonchev–Trinajstić information content (AvgIpc) is 3.16. The summed E-state index contributed by atoms with van der Waals surface area (Å²) in [5, 5.41) is 0. The van der Waals surface area contributed by atoms with E-state index in [0.717, 1.165) is 50.8 Å². The molecule has 0 amide bonds. The molecular weight excluding hydrogens is 350 g/mol. The number of methoxy groups -OCH3 is 1. The summed E-state index contributed by atoms with van der Waals surface area (Å²) in [6.07, 6.45) is 2.59. The number of hydrogen-bond acceptors (Lipinski definition) is 5. The van der Waals surface area contributed by atoms with Crippen LogP contribution in [0.4, 0.5) is 5.69 Å². The predicted molar refractivity (Wildman–Crippen MR) is 113 cm³/mol. The Labute approximate surface area is 168 Å². The predicted octanol–water partition coefficient (Wildman–Crippen LogP) is 3.52. The van der Waals surface area contributed by atoms with E-state index in [2.05, 4.69) is 52.0 Å². The zero-order valence-electron chi connectivity index (χ0n) is 17.3. The maximum Gasteiger partial charge on any atom is 0.129 e. The number of piperidine rings is 1. The molecule has 0 bridgehead atoms.